The smallest absolute Gasteiger partial charge is 0.261 e. The van der Waals surface area contributed by atoms with Gasteiger partial charge in [-0.25, -0.2) is 0 Å². The first-order valence-electron chi connectivity index (χ1n) is 10.1. The summed E-state index contributed by atoms with van der Waals surface area (Å²) in [5.74, 6) is 0.187. The summed E-state index contributed by atoms with van der Waals surface area (Å²) < 4.78 is 7.30. The lowest BCUT2D eigenvalue weighted by atomic mass is 10.1. The number of hydrogen-bond donors (Lipinski definition) is 1. The number of nitrogens with zero attached hydrogens (tertiary/aromatic N) is 3. The molecule has 6 heteroatoms. The van der Waals surface area contributed by atoms with E-state index in [1.54, 1.807) is 18.2 Å². The second-order valence-corrected chi connectivity index (χ2v) is 7.26. The number of allylic oxidation sites excluding steroid dienone is 1. The first-order valence-corrected chi connectivity index (χ1v) is 10.1. The molecule has 0 aliphatic heterocycles. The van der Waals surface area contributed by atoms with E-state index in [1.165, 1.54) is 6.26 Å². The number of nitriles is 2. The summed E-state index contributed by atoms with van der Waals surface area (Å²) in [6.45, 7) is 0.783. The van der Waals surface area contributed by atoms with Crippen LogP contribution in [0, 0.1) is 22.7 Å². The fourth-order valence-electron chi connectivity index (χ4n) is 3.64. The van der Waals surface area contributed by atoms with Crippen molar-refractivity contribution in [2.45, 2.75) is 19.5 Å². The molecule has 1 N–H and O–H groups in total. The molecule has 2 aromatic carbocycles. The fraction of sp³-hybridized carbons (Fsp3) is 0.115. The Morgan fingerprint density at radius 1 is 1.03 bits per heavy atom. The monoisotopic (exact) mass is 420 g/mol. The second kappa shape index (κ2) is 9.51. The number of carbonyl (C=O) groups is 1. The van der Waals surface area contributed by atoms with Gasteiger partial charge in [-0.05, 0) is 41.8 Å². The van der Waals surface area contributed by atoms with Gasteiger partial charge in [-0.1, -0.05) is 42.5 Å². The highest BCUT2D eigenvalue weighted by Crippen LogP contribution is 2.24. The third kappa shape index (κ3) is 4.45. The minimum absolute atomic E-state index is 0.0585. The van der Waals surface area contributed by atoms with E-state index < -0.39 is 5.91 Å². The summed E-state index contributed by atoms with van der Waals surface area (Å²) in [4.78, 5) is 12.4. The Balaban J connectivity index is 1.57. The SMILES string of the molecule is N#C/C(=C\Cc1cn(Cc2ccccc2C#N)c2ccccc12)C(=O)NCc1ccco1. The van der Waals surface area contributed by atoms with Crippen molar-refractivity contribution >= 4 is 16.8 Å². The van der Waals surface area contributed by atoms with Gasteiger partial charge in [0.25, 0.3) is 5.91 Å². The van der Waals surface area contributed by atoms with E-state index in [1.807, 2.05) is 60.8 Å². The van der Waals surface area contributed by atoms with Gasteiger partial charge in [0.2, 0.25) is 0 Å². The highest BCUT2D eigenvalue weighted by atomic mass is 16.3. The van der Waals surface area contributed by atoms with Gasteiger partial charge < -0.3 is 14.3 Å². The summed E-state index contributed by atoms with van der Waals surface area (Å²) in [5, 5.41) is 22.6. The molecule has 0 radical (unpaired) electrons. The number of hydrogen-bond acceptors (Lipinski definition) is 4. The Bertz CT molecular complexity index is 1370. The largest absolute Gasteiger partial charge is 0.467 e. The molecule has 0 atom stereocenters. The number of benzene rings is 2. The molecule has 0 aliphatic carbocycles. The zero-order chi connectivity index (χ0) is 22.3. The number of para-hydroxylation sites is 1. The summed E-state index contributed by atoms with van der Waals surface area (Å²) >= 11 is 0. The van der Waals surface area contributed by atoms with Crippen molar-refractivity contribution in [3.05, 3.63) is 107 Å². The third-order valence-corrected chi connectivity index (χ3v) is 5.24. The molecule has 4 aromatic rings. The molecule has 32 heavy (non-hydrogen) atoms. The maximum Gasteiger partial charge on any atom is 0.261 e. The lowest BCUT2D eigenvalue weighted by Crippen LogP contribution is -2.23. The molecule has 0 unspecified atom stereocenters. The van der Waals surface area contributed by atoms with Gasteiger partial charge in [-0.2, -0.15) is 10.5 Å². The maximum atomic E-state index is 12.4. The average Bonchev–Trinajstić information content (AvgIpc) is 3.47. The Kier molecular flexibility index (Phi) is 6.15. The van der Waals surface area contributed by atoms with Crippen LogP contribution in [0.25, 0.3) is 10.9 Å². The molecule has 2 aromatic heterocycles. The first kappa shape index (κ1) is 20.7. The average molecular weight is 420 g/mol. The normalized spacial score (nSPS) is 11.1. The minimum Gasteiger partial charge on any atom is -0.467 e. The molecule has 1 amide bonds. The van der Waals surface area contributed by atoms with Crippen molar-refractivity contribution in [2.24, 2.45) is 0 Å². The molecular formula is C26H20N4O2. The number of furan rings is 1. The summed E-state index contributed by atoms with van der Waals surface area (Å²) in [6.07, 6.45) is 5.63. The van der Waals surface area contributed by atoms with E-state index in [0.717, 1.165) is 22.0 Å². The first-order chi connectivity index (χ1) is 15.7. The van der Waals surface area contributed by atoms with Crippen LogP contribution in [-0.4, -0.2) is 10.5 Å². The maximum absolute atomic E-state index is 12.4. The second-order valence-electron chi connectivity index (χ2n) is 7.26. The highest BCUT2D eigenvalue weighted by molar-refractivity contribution is 5.97. The van der Waals surface area contributed by atoms with E-state index in [4.69, 9.17) is 4.42 Å². The van der Waals surface area contributed by atoms with Gasteiger partial charge in [0.15, 0.2) is 0 Å². The Labute approximate surface area is 185 Å². The third-order valence-electron chi connectivity index (χ3n) is 5.24. The number of nitrogens with one attached hydrogen (secondary N) is 1. The van der Waals surface area contributed by atoms with Crippen molar-refractivity contribution in [1.29, 1.82) is 10.5 Å². The number of carbonyl (C=O) groups excluding carboxylic acids is 1. The molecule has 0 fully saturated rings. The van der Waals surface area contributed by atoms with Gasteiger partial charge in [-0.3, -0.25) is 4.79 Å². The zero-order valence-corrected chi connectivity index (χ0v) is 17.3. The molecule has 6 nitrogen and oxygen atoms in total. The lowest BCUT2D eigenvalue weighted by Gasteiger charge is -2.07. The van der Waals surface area contributed by atoms with E-state index >= 15 is 0 Å². The molecule has 156 valence electrons. The van der Waals surface area contributed by atoms with Crippen molar-refractivity contribution in [1.82, 2.24) is 9.88 Å². The number of aromatic nitrogens is 1. The van der Waals surface area contributed by atoms with Crippen LogP contribution in [0.2, 0.25) is 0 Å². The van der Waals surface area contributed by atoms with E-state index in [0.29, 0.717) is 24.3 Å². The van der Waals surface area contributed by atoms with Gasteiger partial charge in [-0.15, -0.1) is 0 Å². The van der Waals surface area contributed by atoms with Gasteiger partial charge in [0, 0.05) is 23.6 Å². The number of amides is 1. The Morgan fingerprint density at radius 2 is 1.84 bits per heavy atom. The molecule has 0 saturated carbocycles. The fourth-order valence-corrected chi connectivity index (χ4v) is 3.64. The van der Waals surface area contributed by atoms with Crippen LogP contribution in [0.5, 0.6) is 0 Å². The van der Waals surface area contributed by atoms with Crippen LogP contribution in [-0.2, 0) is 24.3 Å². The summed E-state index contributed by atoms with van der Waals surface area (Å²) in [5.41, 5.74) is 3.67. The van der Waals surface area contributed by atoms with Crippen molar-refractivity contribution in [3.8, 4) is 12.1 Å². The molecular weight excluding hydrogens is 400 g/mol. The highest BCUT2D eigenvalue weighted by Gasteiger charge is 2.12. The van der Waals surface area contributed by atoms with Crippen LogP contribution in [0.3, 0.4) is 0 Å². The van der Waals surface area contributed by atoms with E-state index in [-0.39, 0.29) is 12.1 Å². The quantitative estimate of drug-likeness (QED) is 0.353. The van der Waals surface area contributed by atoms with E-state index in [9.17, 15) is 15.3 Å². The molecule has 0 aliphatic rings. The predicted molar refractivity (Wildman–Crippen MR) is 120 cm³/mol. The van der Waals surface area contributed by atoms with Crippen LogP contribution < -0.4 is 5.32 Å². The predicted octanol–water partition coefficient (Wildman–Crippen LogP) is 4.46. The van der Waals surface area contributed by atoms with Crippen LogP contribution >= 0.6 is 0 Å². The molecule has 0 spiro atoms. The number of rotatable bonds is 7. The molecule has 0 bridgehead atoms. The van der Waals surface area contributed by atoms with Crippen LogP contribution in [0.4, 0.5) is 0 Å². The minimum atomic E-state index is -0.435. The summed E-state index contributed by atoms with van der Waals surface area (Å²) in [7, 11) is 0. The van der Waals surface area contributed by atoms with Crippen LogP contribution in [0.15, 0.2) is 89.2 Å². The van der Waals surface area contributed by atoms with Crippen LogP contribution in [0.1, 0.15) is 22.5 Å². The number of fused-ring (bicyclic) bond motifs is 1. The van der Waals surface area contributed by atoms with Crippen molar-refractivity contribution in [2.75, 3.05) is 0 Å². The van der Waals surface area contributed by atoms with Gasteiger partial charge in [0.05, 0.1) is 24.4 Å². The standard InChI is InChI=1S/C26H20N4O2/c27-14-19-6-1-2-7-21(19)17-30-18-22(24-9-3-4-10-25(24)30)12-11-20(15-28)26(31)29-16-23-8-5-13-32-23/h1-11,13,18H,12,16-17H2,(H,29,31)/b20-11+. The van der Waals surface area contributed by atoms with Crippen molar-refractivity contribution < 1.29 is 9.21 Å². The zero-order valence-electron chi connectivity index (χ0n) is 17.3. The molecule has 2 heterocycles. The molecule has 4 rings (SSSR count). The van der Waals surface area contributed by atoms with Gasteiger partial charge >= 0.3 is 0 Å². The summed E-state index contributed by atoms with van der Waals surface area (Å²) in [6, 6.07) is 23.2. The Morgan fingerprint density at radius 3 is 2.62 bits per heavy atom. The lowest BCUT2D eigenvalue weighted by molar-refractivity contribution is -0.117. The van der Waals surface area contributed by atoms with E-state index in [2.05, 4.69) is 16.0 Å². The van der Waals surface area contributed by atoms with Gasteiger partial charge in [0.1, 0.15) is 17.4 Å². The molecule has 0 saturated heterocycles. The van der Waals surface area contributed by atoms with Crippen molar-refractivity contribution in [3.63, 3.8) is 0 Å². The Hall–Kier alpha value is -4.55. The topological polar surface area (TPSA) is 94.8 Å².